The monoisotopic (exact) mass is 277 g/mol. The van der Waals surface area contributed by atoms with Crippen molar-refractivity contribution in [3.05, 3.63) is 34.8 Å². The number of rotatable bonds is 6. The van der Waals surface area contributed by atoms with Crippen LogP contribution in [0.25, 0.3) is 0 Å². The van der Waals surface area contributed by atoms with Gasteiger partial charge >= 0.3 is 0 Å². The lowest BCUT2D eigenvalue weighted by Gasteiger charge is -2.13. The molecule has 102 valence electrons. The Hall–Kier alpha value is -1.62. The molecule has 1 atom stereocenters. The summed E-state index contributed by atoms with van der Waals surface area (Å²) in [5.41, 5.74) is 1.21. The van der Waals surface area contributed by atoms with Crippen LogP contribution in [0.2, 0.25) is 0 Å². The Kier molecular flexibility index (Phi) is 4.74. The first-order chi connectivity index (χ1) is 9.22. The molecule has 1 N–H and O–H groups in total. The quantitative estimate of drug-likeness (QED) is 0.875. The van der Waals surface area contributed by atoms with Gasteiger partial charge in [0.2, 0.25) is 5.13 Å². The van der Waals surface area contributed by atoms with Crippen LogP contribution < -0.4 is 10.1 Å². The van der Waals surface area contributed by atoms with Crippen molar-refractivity contribution < 1.29 is 4.74 Å². The maximum Gasteiger partial charge on any atom is 0.206 e. The summed E-state index contributed by atoms with van der Waals surface area (Å²) in [5.74, 6) is 0.905. The minimum absolute atomic E-state index is 0.202. The van der Waals surface area contributed by atoms with Gasteiger partial charge in [-0.25, -0.2) is 0 Å². The van der Waals surface area contributed by atoms with Crippen LogP contribution in [-0.4, -0.2) is 16.8 Å². The molecular formula is C14H19N3OS. The second kappa shape index (κ2) is 6.52. The summed E-state index contributed by atoms with van der Waals surface area (Å²) in [6.07, 6.45) is 0.927. The fourth-order valence-electron chi connectivity index (χ4n) is 1.74. The normalized spacial score (nSPS) is 12.2. The molecular weight excluding hydrogens is 258 g/mol. The number of hydrogen-bond donors (Lipinski definition) is 1. The van der Waals surface area contributed by atoms with Gasteiger partial charge in [-0.15, -0.1) is 10.2 Å². The van der Waals surface area contributed by atoms with E-state index < -0.39 is 0 Å². The van der Waals surface area contributed by atoms with Crippen LogP contribution in [0.15, 0.2) is 24.3 Å². The van der Waals surface area contributed by atoms with Crippen LogP contribution in [0.3, 0.4) is 0 Å². The number of nitrogens with zero attached hydrogens (tertiary/aromatic N) is 2. The number of nitrogens with one attached hydrogen (secondary N) is 1. The van der Waals surface area contributed by atoms with Crippen molar-refractivity contribution in [2.24, 2.45) is 0 Å². The molecule has 0 spiro atoms. The van der Waals surface area contributed by atoms with Gasteiger partial charge < -0.3 is 10.1 Å². The summed E-state index contributed by atoms with van der Waals surface area (Å²) in [5, 5.41) is 13.5. The molecule has 0 fully saturated rings. The fourth-order valence-corrected chi connectivity index (χ4v) is 2.51. The van der Waals surface area contributed by atoms with E-state index in [9.17, 15) is 0 Å². The summed E-state index contributed by atoms with van der Waals surface area (Å²) in [6, 6.07) is 8.34. The highest BCUT2D eigenvalue weighted by Crippen LogP contribution is 2.23. The van der Waals surface area contributed by atoms with E-state index in [0.717, 1.165) is 22.3 Å². The lowest BCUT2D eigenvalue weighted by molar-refractivity contribution is 0.340. The summed E-state index contributed by atoms with van der Waals surface area (Å²) in [6.45, 7) is 6.87. The first-order valence-corrected chi connectivity index (χ1v) is 7.36. The fraction of sp³-hybridized carbons (Fsp3) is 0.429. The maximum absolute atomic E-state index is 5.44. The molecule has 2 rings (SSSR count). The molecule has 1 heterocycles. The summed E-state index contributed by atoms with van der Waals surface area (Å²) in [7, 11) is 0. The Morgan fingerprint density at radius 3 is 2.53 bits per heavy atom. The average molecular weight is 277 g/mol. The zero-order chi connectivity index (χ0) is 13.7. The standard InChI is InChI=1S/C14H19N3OS/c1-4-13-16-17-14(19-13)15-10(3)11-6-8-12(9-7-11)18-5-2/h6-10H,4-5H2,1-3H3,(H,15,17). The largest absolute Gasteiger partial charge is 0.494 e. The Morgan fingerprint density at radius 1 is 1.21 bits per heavy atom. The molecule has 0 radical (unpaired) electrons. The molecule has 5 heteroatoms. The Bertz CT molecular complexity index is 510. The summed E-state index contributed by atoms with van der Waals surface area (Å²) < 4.78 is 5.44. The zero-order valence-electron chi connectivity index (χ0n) is 11.5. The van der Waals surface area contributed by atoms with Crippen molar-refractivity contribution in [1.29, 1.82) is 0 Å². The van der Waals surface area contributed by atoms with E-state index in [2.05, 4.69) is 41.5 Å². The second-order valence-corrected chi connectivity index (χ2v) is 5.28. The highest BCUT2D eigenvalue weighted by molar-refractivity contribution is 7.15. The van der Waals surface area contributed by atoms with Gasteiger partial charge in [-0.05, 0) is 38.0 Å². The van der Waals surface area contributed by atoms with E-state index >= 15 is 0 Å². The van der Waals surface area contributed by atoms with Gasteiger partial charge in [0.25, 0.3) is 0 Å². The molecule has 0 saturated carbocycles. The van der Waals surface area contributed by atoms with Crippen LogP contribution in [-0.2, 0) is 6.42 Å². The van der Waals surface area contributed by atoms with Crippen LogP contribution in [0.1, 0.15) is 37.4 Å². The second-order valence-electron chi connectivity index (χ2n) is 4.22. The van der Waals surface area contributed by atoms with E-state index in [1.807, 2.05) is 19.1 Å². The first kappa shape index (κ1) is 13.8. The Labute approximate surface area is 117 Å². The Balaban J connectivity index is 2.00. The summed E-state index contributed by atoms with van der Waals surface area (Å²) in [4.78, 5) is 0. The average Bonchev–Trinajstić information content (AvgIpc) is 2.87. The van der Waals surface area contributed by atoms with Gasteiger partial charge in [0.1, 0.15) is 10.8 Å². The zero-order valence-corrected chi connectivity index (χ0v) is 12.3. The predicted molar refractivity (Wildman–Crippen MR) is 78.9 cm³/mol. The topological polar surface area (TPSA) is 47.0 Å². The van der Waals surface area contributed by atoms with Crippen molar-refractivity contribution in [2.75, 3.05) is 11.9 Å². The number of hydrogen-bond acceptors (Lipinski definition) is 5. The van der Waals surface area contributed by atoms with E-state index in [1.54, 1.807) is 11.3 Å². The molecule has 0 aliphatic rings. The van der Waals surface area contributed by atoms with E-state index in [0.29, 0.717) is 6.61 Å². The number of aromatic nitrogens is 2. The molecule has 1 aromatic carbocycles. The number of ether oxygens (including phenoxy) is 1. The van der Waals surface area contributed by atoms with Gasteiger partial charge in [-0.3, -0.25) is 0 Å². The van der Waals surface area contributed by atoms with Crippen LogP contribution in [0, 0.1) is 0 Å². The van der Waals surface area contributed by atoms with Gasteiger partial charge in [-0.2, -0.15) is 0 Å². The number of anilines is 1. The van der Waals surface area contributed by atoms with Crippen LogP contribution in [0.4, 0.5) is 5.13 Å². The lowest BCUT2D eigenvalue weighted by atomic mass is 10.1. The molecule has 0 amide bonds. The molecule has 0 aliphatic heterocycles. The molecule has 0 saturated heterocycles. The van der Waals surface area contributed by atoms with Crippen molar-refractivity contribution in [1.82, 2.24) is 10.2 Å². The third kappa shape index (κ3) is 3.67. The third-order valence-electron chi connectivity index (χ3n) is 2.80. The molecule has 0 aliphatic carbocycles. The lowest BCUT2D eigenvalue weighted by Crippen LogP contribution is -2.06. The smallest absolute Gasteiger partial charge is 0.206 e. The summed E-state index contributed by atoms with van der Waals surface area (Å²) >= 11 is 1.61. The van der Waals surface area contributed by atoms with Gasteiger partial charge in [0.15, 0.2) is 0 Å². The highest BCUT2D eigenvalue weighted by Gasteiger charge is 2.09. The molecule has 0 bridgehead atoms. The number of benzene rings is 1. The van der Waals surface area contributed by atoms with E-state index in [1.165, 1.54) is 5.56 Å². The van der Waals surface area contributed by atoms with Crippen LogP contribution >= 0.6 is 11.3 Å². The first-order valence-electron chi connectivity index (χ1n) is 6.54. The van der Waals surface area contributed by atoms with Gasteiger partial charge in [-0.1, -0.05) is 30.4 Å². The van der Waals surface area contributed by atoms with Gasteiger partial charge in [0.05, 0.1) is 12.6 Å². The predicted octanol–water partition coefficient (Wildman–Crippen LogP) is 3.67. The van der Waals surface area contributed by atoms with E-state index in [-0.39, 0.29) is 6.04 Å². The van der Waals surface area contributed by atoms with E-state index in [4.69, 9.17) is 4.74 Å². The molecule has 1 unspecified atom stereocenters. The SMILES string of the molecule is CCOc1ccc(C(C)Nc2nnc(CC)s2)cc1. The molecule has 2 aromatic rings. The minimum Gasteiger partial charge on any atom is -0.494 e. The third-order valence-corrected chi connectivity index (χ3v) is 3.80. The number of aryl methyl sites for hydroxylation is 1. The van der Waals surface area contributed by atoms with Crippen molar-refractivity contribution >= 4 is 16.5 Å². The molecule has 19 heavy (non-hydrogen) atoms. The van der Waals surface area contributed by atoms with Crippen molar-refractivity contribution in [3.63, 3.8) is 0 Å². The van der Waals surface area contributed by atoms with Crippen molar-refractivity contribution in [3.8, 4) is 5.75 Å². The van der Waals surface area contributed by atoms with Crippen LogP contribution in [0.5, 0.6) is 5.75 Å². The minimum atomic E-state index is 0.202. The van der Waals surface area contributed by atoms with Crippen molar-refractivity contribution in [2.45, 2.75) is 33.2 Å². The Morgan fingerprint density at radius 2 is 1.95 bits per heavy atom. The highest BCUT2D eigenvalue weighted by atomic mass is 32.1. The van der Waals surface area contributed by atoms with Gasteiger partial charge in [0, 0.05) is 0 Å². The maximum atomic E-state index is 5.44. The molecule has 1 aromatic heterocycles. The molecule has 4 nitrogen and oxygen atoms in total.